The highest BCUT2D eigenvalue weighted by Gasteiger charge is 2.50. The molecule has 0 aromatic rings. The molecule has 0 bridgehead atoms. The summed E-state index contributed by atoms with van der Waals surface area (Å²) in [5, 5.41) is 0. The maximum Gasteiger partial charge on any atom is 0.158 e. The number of ketones is 1. The molecule has 0 N–H and O–H groups in total. The Balaban J connectivity index is 1.98. The molecule has 0 spiro atoms. The summed E-state index contributed by atoms with van der Waals surface area (Å²) >= 11 is 0. The van der Waals surface area contributed by atoms with Gasteiger partial charge in [-0.25, -0.2) is 0 Å². The zero-order chi connectivity index (χ0) is 10.3. The lowest BCUT2D eigenvalue weighted by Crippen LogP contribution is -2.50. The Morgan fingerprint density at radius 3 is 2.86 bits per heavy atom. The summed E-state index contributed by atoms with van der Waals surface area (Å²) < 4.78 is 0. The van der Waals surface area contributed by atoms with E-state index in [2.05, 4.69) is 25.3 Å². The summed E-state index contributed by atoms with van der Waals surface area (Å²) in [5.74, 6) is 1.18. The van der Waals surface area contributed by atoms with Crippen LogP contribution in [-0.4, -0.2) is 29.3 Å². The molecule has 0 amide bonds. The fourth-order valence-corrected chi connectivity index (χ4v) is 3.04. The van der Waals surface area contributed by atoms with Crippen LogP contribution in [0.5, 0.6) is 0 Å². The van der Waals surface area contributed by atoms with E-state index < -0.39 is 0 Å². The standard InChI is InChI=1S/C12H19NO/c1-4-12(14)10-7-11-9(10)5-6-13(11)8(2)3/h4,8-11H,1,5-7H2,2-3H3. The van der Waals surface area contributed by atoms with Gasteiger partial charge in [-0.05, 0) is 45.2 Å². The summed E-state index contributed by atoms with van der Waals surface area (Å²) in [6.45, 7) is 9.23. The zero-order valence-electron chi connectivity index (χ0n) is 9.07. The molecule has 2 aliphatic rings. The molecule has 1 heterocycles. The highest BCUT2D eigenvalue weighted by Crippen LogP contribution is 2.46. The van der Waals surface area contributed by atoms with E-state index >= 15 is 0 Å². The van der Waals surface area contributed by atoms with Crippen LogP contribution >= 0.6 is 0 Å². The monoisotopic (exact) mass is 193 g/mol. The number of carbonyl (C=O) groups excluding carboxylic acids is 1. The van der Waals surface area contributed by atoms with E-state index in [1.807, 2.05) is 0 Å². The van der Waals surface area contributed by atoms with Crippen molar-refractivity contribution in [1.29, 1.82) is 0 Å². The van der Waals surface area contributed by atoms with E-state index in [1.165, 1.54) is 19.0 Å². The molecule has 1 saturated carbocycles. The fourth-order valence-electron chi connectivity index (χ4n) is 3.04. The molecule has 1 aliphatic carbocycles. The number of hydrogen-bond acceptors (Lipinski definition) is 2. The number of carbonyl (C=O) groups is 1. The molecular weight excluding hydrogens is 174 g/mol. The third-order valence-electron chi connectivity index (χ3n) is 3.88. The lowest BCUT2D eigenvalue weighted by atomic mass is 9.67. The van der Waals surface area contributed by atoms with Crippen molar-refractivity contribution in [3.63, 3.8) is 0 Å². The molecule has 14 heavy (non-hydrogen) atoms. The minimum Gasteiger partial charge on any atom is -0.298 e. The lowest BCUT2D eigenvalue weighted by Gasteiger charge is -2.43. The van der Waals surface area contributed by atoms with Crippen LogP contribution in [-0.2, 0) is 4.79 Å². The number of likely N-dealkylation sites (tertiary alicyclic amines) is 1. The molecule has 3 unspecified atom stereocenters. The van der Waals surface area contributed by atoms with Crippen molar-refractivity contribution < 1.29 is 4.79 Å². The first-order valence-electron chi connectivity index (χ1n) is 5.57. The van der Waals surface area contributed by atoms with Gasteiger partial charge >= 0.3 is 0 Å². The van der Waals surface area contributed by atoms with E-state index in [0.29, 0.717) is 23.9 Å². The first-order valence-corrected chi connectivity index (χ1v) is 5.57. The number of nitrogens with zero attached hydrogens (tertiary/aromatic N) is 1. The second-order valence-electron chi connectivity index (χ2n) is 4.80. The third-order valence-corrected chi connectivity index (χ3v) is 3.88. The average Bonchev–Trinajstić information content (AvgIpc) is 2.43. The van der Waals surface area contributed by atoms with Crippen LogP contribution in [0, 0.1) is 11.8 Å². The Kier molecular flexibility index (Phi) is 2.48. The van der Waals surface area contributed by atoms with Gasteiger partial charge in [0.15, 0.2) is 5.78 Å². The smallest absolute Gasteiger partial charge is 0.158 e. The highest BCUT2D eigenvalue weighted by molar-refractivity contribution is 5.92. The number of hydrogen-bond donors (Lipinski definition) is 0. The first-order chi connectivity index (χ1) is 6.65. The molecule has 2 fully saturated rings. The van der Waals surface area contributed by atoms with E-state index in [9.17, 15) is 4.79 Å². The van der Waals surface area contributed by atoms with Gasteiger partial charge in [0.2, 0.25) is 0 Å². The summed E-state index contributed by atoms with van der Waals surface area (Å²) in [5.41, 5.74) is 0. The van der Waals surface area contributed by atoms with Crippen LogP contribution in [0.2, 0.25) is 0 Å². The number of rotatable bonds is 3. The largest absolute Gasteiger partial charge is 0.298 e. The van der Waals surface area contributed by atoms with Gasteiger partial charge in [0, 0.05) is 18.0 Å². The lowest BCUT2D eigenvalue weighted by molar-refractivity contribution is -0.125. The van der Waals surface area contributed by atoms with Crippen LogP contribution in [0.15, 0.2) is 12.7 Å². The van der Waals surface area contributed by atoms with Crippen molar-refractivity contribution in [1.82, 2.24) is 4.90 Å². The molecule has 3 atom stereocenters. The SMILES string of the molecule is C=CC(=O)C1CC2C1CCN2C(C)C. The topological polar surface area (TPSA) is 20.3 Å². The van der Waals surface area contributed by atoms with Gasteiger partial charge in [0.1, 0.15) is 0 Å². The van der Waals surface area contributed by atoms with Crippen LogP contribution in [0.25, 0.3) is 0 Å². The average molecular weight is 193 g/mol. The minimum absolute atomic E-state index is 0.261. The summed E-state index contributed by atoms with van der Waals surface area (Å²) in [7, 11) is 0. The predicted molar refractivity (Wildman–Crippen MR) is 57.0 cm³/mol. The van der Waals surface area contributed by atoms with Crippen molar-refractivity contribution >= 4 is 5.78 Å². The van der Waals surface area contributed by atoms with Crippen LogP contribution in [0.1, 0.15) is 26.7 Å². The van der Waals surface area contributed by atoms with Gasteiger partial charge in [0.25, 0.3) is 0 Å². The first kappa shape index (κ1) is 9.91. The van der Waals surface area contributed by atoms with Crippen molar-refractivity contribution in [2.45, 2.75) is 38.8 Å². The molecule has 1 saturated heterocycles. The van der Waals surface area contributed by atoms with Crippen molar-refractivity contribution in [2.75, 3.05) is 6.54 Å². The maximum absolute atomic E-state index is 11.5. The van der Waals surface area contributed by atoms with E-state index in [1.54, 1.807) is 0 Å². The van der Waals surface area contributed by atoms with Crippen molar-refractivity contribution in [3.05, 3.63) is 12.7 Å². The Hall–Kier alpha value is -0.630. The predicted octanol–water partition coefficient (Wildman–Crippen LogP) is 1.86. The Bertz CT molecular complexity index is 259. The van der Waals surface area contributed by atoms with Gasteiger partial charge < -0.3 is 0 Å². The van der Waals surface area contributed by atoms with Crippen LogP contribution in [0.3, 0.4) is 0 Å². The normalized spacial score (nSPS) is 36.6. The molecule has 78 valence electrons. The summed E-state index contributed by atoms with van der Waals surface area (Å²) in [6, 6.07) is 1.31. The molecule has 0 radical (unpaired) electrons. The molecule has 0 aromatic heterocycles. The maximum atomic E-state index is 11.5. The molecule has 0 aromatic carbocycles. The van der Waals surface area contributed by atoms with E-state index in [0.717, 1.165) is 6.42 Å². The fraction of sp³-hybridized carbons (Fsp3) is 0.750. The second-order valence-corrected chi connectivity index (χ2v) is 4.80. The molecule has 2 nitrogen and oxygen atoms in total. The van der Waals surface area contributed by atoms with Gasteiger partial charge in [-0.1, -0.05) is 6.58 Å². The minimum atomic E-state index is 0.261. The molecule has 2 heteroatoms. The quantitative estimate of drug-likeness (QED) is 0.638. The van der Waals surface area contributed by atoms with Crippen molar-refractivity contribution in [2.24, 2.45) is 11.8 Å². The van der Waals surface area contributed by atoms with Crippen LogP contribution < -0.4 is 0 Å². The van der Waals surface area contributed by atoms with Crippen molar-refractivity contribution in [3.8, 4) is 0 Å². The zero-order valence-corrected chi connectivity index (χ0v) is 9.07. The third kappa shape index (κ3) is 1.33. The van der Waals surface area contributed by atoms with Gasteiger partial charge in [0.05, 0.1) is 0 Å². The second kappa shape index (κ2) is 3.50. The Morgan fingerprint density at radius 1 is 1.57 bits per heavy atom. The van der Waals surface area contributed by atoms with Gasteiger partial charge in [-0.2, -0.15) is 0 Å². The molecule has 2 rings (SSSR count). The summed E-state index contributed by atoms with van der Waals surface area (Å²) in [4.78, 5) is 14.0. The van der Waals surface area contributed by atoms with Crippen LogP contribution in [0.4, 0.5) is 0 Å². The van der Waals surface area contributed by atoms with Gasteiger partial charge in [-0.15, -0.1) is 0 Å². The Morgan fingerprint density at radius 2 is 2.29 bits per heavy atom. The van der Waals surface area contributed by atoms with E-state index in [-0.39, 0.29) is 5.78 Å². The Labute approximate surface area is 86.0 Å². The highest BCUT2D eigenvalue weighted by atomic mass is 16.1. The summed E-state index contributed by atoms with van der Waals surface area (Å²) in [6.07, 6.45) is 3.76. The number of allylic oxidation sites excluding steroid dienone is 1. The number of fused-ring (bicyclic) bond motifs is 1. The van der Waals surface area contributed by atoms with Gasteiger partial charge in [-0.3, -0.25) is 9.69 Å². The molecular formula is C12H19NO. The molecule has 1 aliphatic heterocycles. The van der Waals surface area contributed by atoms with E-state index in [4.69, 9.17) is 0 Å².